The summed E-state index contributed by atoms with van der Waals surface area (Å²) in [6.45, 7) is 2.51. The van der Waals surface area contributed by atoms with Gasteiger partial charge in [-0.05, 0) is 11.6 Å². The number of nitrogens with one attached hydrogen (secondary N) is 2. The third-order valence-electron chi connectivity index (χ3n) is 3.89. The van der Waals surface area contributed by atoms with Gasteiger partial charge in [0.1, 0.15) is 18.4 Å². The van der Waals surface area contributed by atoms with Gasteiger partial charge < -0.3 is 30.7 Å². The number of urea groups is 1. The van der Waals surface area contributed by atoms with Crippen LogP contribution >= 0.6 is 0 Å². The maximum atomic E-state index is 12.2. The van der Waals surface area contributed by atoms with Crippen LogP contribution in [-0.2, 0) is 9.53 Å². The summed E-state index contributed by atoms with van der Waals surface area (Å²) in [7, 11) is 0. The van der Waals surface area contributed by atoms with Crippen LogP contribution in [0.4, 0.5) is 4.79 Å². The molecule has 0 aromatic heterocycles. The predicted octanol–water partition coefficient (Wildman–Crippen LogP) is -1.30. The highest BCUT2D eigenvalue weighted by Crippen LogP contribution is 2.34. The average molecular weight is 356 g/mol. The number of amides is 3. The second-order valence-corrected chi connectivity index (χ2v) is 5.98. The molecule has 2 aliphatic rings. The van der Waals surface area contributed by atoms with E-state index in [1.165, 1.54) is 12.3 Å². The third kappa shape index (κ3) is 3.52. The van der Waals surface area contributed by atoms with Crippen molar-refractivity contribution < 1.29 is 29.6 Å². The first-order chi connectivity index (χ1) is 11.8. The summed E-state index contributed by atoms with van der Waals surface area (Å²) in [6, 6.07) is -0.720. The number of ether oxygens (including phenoxy) is 1. The number of aliphatic hydroxyl groups excluding tert-OH is 3. The van der Waals surface area contributed by atoms with Crippen LogP contribution < -0.4 is 10.6 Å². The van der Waals surface area contributed by atoms with Crippen LogP contribution in [0.5, 0.6) is 0 Å². The topological polar surface area (TPSA) is 180 Å². The van der Waals surface area contributed by atoms with E-state index in [1.807, 2.05) is 0 Å². The number of aliphatic hydroxyl groups is 3. The van der Waals surface area contributed by atoms with Crippen LogP contribution in [0, 0.1) is 5.92 Å². The van der Waals surface area contributed by atoms with Gasteiger partial charge in [-0.1, -0.05) is 19.0 Å². The summed E-state index contributed by atoms with van der Waals surface area (Å²) in [4.78, 5) is 27.3. The van der Waals surface area contributed by atoms with Crippen molar-refractivity contribution in [3.63, 3.8) is 0 Å². The standard InChI is InChI=1S/C13H20N6O6/c1-6(2)10(23)15-7-3-4-19(12(24)16-7)11-8(21)9(22)13(5-20,25-11)17-18-14/h3-4,6-9,11,20-22H,5H2,1-2H3,(H,15,23)(H,16,24)/t7?,8-,9+,11-,13-/m1/s1. The SMILES string of the molecule is CC(C)C(=O)NC1C=CN([C@@H]2O[C@@](CO)(N=[N+]=[N-])[C@@H](O)[C@H]2O)C(=O)N1. The number of carbonyl (C=O) groups excluding carboxylic acids is 2. The van der Waals surface area contributed by atoms with Crippen molar-refractivity contribution in [1.82, 2.24) is 15.5 Å². The van der Waals surface area contributed by atoms with Crippen LogP contribution in [0.3, 0.4) is 0 Å². The molecule has 0 aliphatic carbocycles. The second-order valence-electron chi connectivity index (χ2n) is 5.98. The molecule has 5 N–H and O–H groups in total. The Hall–Kier alpha value is -2.37. The van der Waals surface area contributed by atoms with Crippen LogP contribution in [0.15, 0.2) is 17.4 Å². The van der Waals surface area contributed by atoms with E-state index in [4.69, 9.17) is 10.3 Å². The van der Waals surface area contributed by atoms with Crippen molar-refractivity contribution in [2.24, 2.45) is 11.0 Å². The van der Waals surface area contributed by atoms with E-state index >= 15 is 0 Å². The largest absolute Gasteiger partial charge is 0.393 e. The van der Waals surface area contributed by atoms with Crippen LogP contribution in [0.1, 0.15) is 13.8 Å². The molecule has 1 saturated heterocycles. The molecule has 0 aromatic rings. The Bertz CT molecular complexity index is 620. The zero-order chi connectivity index (χ0) is 18.8. The molecule has 2 heterocycles. The van der Waals surface area contributed by atoms with Gasteiger partial charge in [0.2, 0.25) is 11.6 Å². The molecule has 0 aromatic carbocycles. The number of nitrogens with zero attached hydrogens (tertiary/aromatic N) is 4. The van der Waals surface area contributed by atoms with Gasteiger partial charge in [0.25, 0.3) is 0 Å². The maximum Gasteiger partial charge on any atom is 0.325 e. The lowest BCUT2D eigenvalue weighted by Crippen LogP contribution is -2.57. The van der Waals surface area contributed by atoms with Crippen LogP contribution in [0.2, 0.25) is 0 Å². The van der Waals surface area contributed by atoms with Gasteiger partial charge in [-0.15, -0.1) is 0 Å². The highest BCUT2D eigenvalue weighted by molar-refractivity contribution is 5.81. The summed E-state index contributed by atoms with van der Waals surface area (Å²) in [5.41, 5.74) is 6.46. The van der Waals surface area contributed by atoms with E-state index in [0.29, 0.717) is 0 Å². The second kappa shape index (κ2) is 7.25. The van der Waals surface area contributed by atoms with E-state index in [-0.39, 0.29) is 11.8 Å². The molecule has 12 heteroatoms. The molecule has 138 valence electrons. The molecule has 1 unspecified atom stereocenters. The molecule has 5 atom stereocenters. The maximum absolute atomic E-state index is 12.2. The molecular formula is C13H20N6O6. The molecule has 0 bridgehead atoms. The minimum absolute atomic E-state index is 0.265. The summed E-state index contributed by atoms with van der Waals surface area (Å²) >= 11 is 0. The first-order valence-corrected chi connectivity index (χ1v) is 7.54. The number of azide groups is 1. The van der Waals surface area contributed by atoms with Crippen LogP contribution in [0.25, 0.3) is 10.4 Å². The van der Waals surface area contributed by atoms with E-state index in [2.05, 4.69) is 20.7 Å². The molecule has 0 saturated carbocycles. The lowest BCUT2D eigenvalue weighted by atomic mass is 10.1. The Morgan fingerprint density at radius 3 is 2.80 bits per heavy atom. The van der Waals surface area contributed by atoms with Gasteiger partial charge in [-0.25, -0.2) is 4.79 Å². The third-order valence-corrected chi connectivity index (χ3v) is 3.89. The Balaban J connectivity index is 2.16. The molecule has 25 heavy (non-hydrogen) atoms. The van der Waals surface area contributed by atoms with Crippen molar-refractivity contribution in [2.75, 3.05) is 6.61 Å². The summed E-state index contributed by atoms with van der Waals surface area (Å²) < 4.78 is 5.28. The molecule has 2 rings (SSSR count). The van der Waals surface area contributed by atoms with E-state index < -0.39 is 43.0 Å². The zero-order valence-electron chi connectivity index (χ0n) is 13.6. The normalized spacial score (nSPS) is 34.6. The minimum Gasteiger partial charge on any atom is -0.393 e. The zero-order valence-corrected chi connectivity index (χ0v) is 13.6. The molecule has 3 amide bonds. The molecule has 2 aliphatic heterocycles. The number of carbonyl (C=O) groups is 2. The highest BCUT2D eigenvalue weighted by atomic mass is 16.6. The molecule has 12 nitrogen and oxygen atoms in total. The Morgan fingerprint density at radius 1 is 1.60 bits per heavy atom. The summed E-state index contributed by atoms with van der Waals surface area (Å²) in [5, 5.41) is 37.8. The summed E-state index contributed by atoms with van der Waals surface area (Å²) in [6.07, 6.45) is -2.81. The molecular weight excluding hydrogens is 336 g/mol. The average Bonchev–Trinajstić information content (AvgIpc) is 2.81. The molecule has 1 fully saturated rings. The number of hydrogen-bond acceptors (Lipinski definition) is 7. The Kier molecular flexibility index (Phi) is 5.50. The molecule has 0 radical (unpaired) electrons. The fraction of sp³-hybridized carbons (Fsp3) is 0.692. The van der Waals surface area contributed by atoms with Crippen molar-refractivity contribution in [3.8, 4) is 0 Å². The van der Waals surface area contributed by atoms with Crippen molar-refractivity contribution in [2.45, 2.75) is 44.2 Å². The van der Waals surface area contributed by atoms with Crippen LogP contribution in [-0.4, -0.2) is 69.1 Å². The van der Waals surface area contributed by atoms with E-state index in [9.17, 15) is 24.9 Å². The Labute approximate surface area is 142 Å². The van der Waals surface area contributed by atoms with E-state index in [1.54, 1.807) is 13.8 Å². The van der Waals surface area contributed by atoms with E-state index in [0.717, 1.165) is 4.90 Å². The minimum atomic E-state index is -2.10. The van der Waals surface area contributed by atoms with Gasteiger partial charge in [-0.3, -0.25) is 9.69 Å². The van der Waals surface area contributed by atoms with Crippen molar-refractivity contribution in [1.29, 1.82) is 0 Å². The number of rotatable bonds is 5. The quantitative estimate of drug-likeness (QED) is 0.232. The smallest absolute Gasteiger partial charge is 0.325 e. The van der Waals surface area contributed by atoms with Gasteiger partial charge in [0.15, 0.2) is 6.23 Å². The lowest BCUT2D eigenvalue weighted by molar-refractivity contribution is -0.129. The monoisotopic (exact) mass is 356 g/mol. The van der Waals surface area contributed by atoms with Gasteiger partial charge in [-0.2, -0.15) is 0 Å². The highest BCUT2D eigenvalue weighted by Gasteiger charge is 2.56. The first-order valence-electron chi connectivity index (χ1n) is 7.54. The Morgan fingerprint density at radius 2 is 2.28 bits per heavy atom. The van der Waals surface area contributed by atoms with Crippen molar-refractivity contribution >= 4 is 11.9 Å². The predicted molar refractivity (Wildman–Crippen MR) is 82.1 cm³/mol. The molecule has 0 spiro atoms. The van der Waals surface area contributed by atoms with Crippen molar-refractivity contribution in [3.05, 3.63) is 22.7 Å². The van der Waals surface area contributed by atoms with Gasteiger partial charge in [0, 0.05) is 17.0 Å². The van der Waals surface area contributed by atoms with Gasteiger partial charge in [0.05, 0.1) is 6.61 Å². The fourth-order valence-corrected chi connectivity index (χ4v) is 2.42. The number of hydrogen-bond donors (Lipinski definition) is 5. The fourth-order valence-electron chi connectivity index (χ4n) is 2.42. The lowest BCUT2D eigenvalue weighted by Gasteiger charge is -2.33. The first kappa shape index (κ1) is 19.0. The van der Waals surface area contributed by atoms with Gasteiger partial charge >= 0.3 is 6.03 Å². The summed E-state index contributed by atoms with van der Waals surface area (Å²) in [5.74, 6) is -0.536.